The molecule has 0 amide bonds. The lowest BCUT2D eigenvalue weighted by atomic mass is 10.1. The van der Waals surface area contributed by atoms with Crippen molar-refractivity contribution < 1.29 is 17.9 Å². The smallest absolute Gasteiger partial charge is 0.240 e. The van der Waals surface area contributed by atoms with Crippen LogP contribution in [0.25, 0.3) is 0 Å². The maximum atomic E-state index is 12.7. The zero-order valence-electron chi connectivity index (χ0n) is 15.8. The Hall–Kier alpha value is -2.00. The Morgan fingerprint density at radius 1 is 1.11 bits per heavy atom. The minimum absolute atomic E-state index is 0.0353. The third kappa shape index (κ3) is 4.52. The summed E-state index contributed by atoms with van der Waals surface area (Å²) in [5.41, 5.74) is 1.56. The zero-order chi connectivity index (χ0) is 20.3. The maximum absolute atomic E-state index is 12.7. The normalized spacial score (nSPS) is 11.5. The van der Waals surface area contributed by atoms with E-state index in [0.717, 1.165) is 21.8 Å². The van der Waals surface area contributed by atoms with Crippen LogP contribution >= 0.6 is 22.7 Å². The number of ketones is 1. The molecule has 0 saturated carbocycles. The molecular weight excluding hydrogens is 414 g/mol. The molecule has 0 radical (unpaired) electrons. The number of ether oxygens (including phenoxy) is 1. The monoisotopic (exact) mass is 435 g/mol. The van der Waals surface area contributed by atoms with Gasteiger partial charge in [-0.25, -0.2) is 13.1 Å². The summed E-state index contributed by atoms with van der Waals surface area (Å²) in [5.74, 6) is 0.684. The summed E-state index contributed by atoms with van der Waals surface area (Å²) >= 11 is 2.69. The molecule has 8 heteroatoms. The fourth-order valence-electron chi connectivity index (χ4n) is 2.81. The van der Waals surface area contributed by atoms with E-state index in [2.05, 4.69) is 4.72 Å². The third-order valence-electron chi connectivity index (χ3n) is 4.10. The number of rotatable bonds is 8. The van der Waals surface area contributed by atoms with E-state index in [4.69, 9.17) is 4.74 Å². The van der Waals surface area contributed by atoms with Gasteiger partial charge in [-0.05, 0) is 67.6 Å². The standard InChI is InChI=1S/C20H21NO4S3/c1-4-25-20-13(2)10-16(11-14(20)3)28(23,24)21-12-15-7-8-18(27-15)19(22)17-6-5-9-26-17/h5-11,21H,4,12H2,1-3H3. The predicted octanol–water partition coefficient (Wildman–Crippen LogP) is 4.53. The van der Waals surface area contributed by atoms with Crippen LogP contribution in [0.1, 0.15) is 37.5 Å². The van der Waals surface area contributed by atoms with Crippen molar-refractivity contribution >= 4 is 38.5 Å². The largest absolute Gasteiger partial charge is 0.493 e. The number of aryl methyl sites for hydroxylation is 2. The first kappa shape index (κ1) is 20.7. The molecule has 5 nitrogen and oxygen atoms in total. The van der Waals surface area contributed by atoms with Crippen molar-refractivity contribution in [3.8, 4) is 5.75 Å². The molecule has 3 rings (SSSR count). The summed E-state index contributed by atoms with van der Waals surface area (Å²) in [4.78, 5) is 14.6. The molecule has 2 aromatic heterocycles. The fourth-order valence-corrected chi connectivity index (χ4v) is 5.72. The Bertz CT molecular complexity index is 1060. The fraction of sp³-hybridized carbons (Fsp3) is 0.250. The summed E-state index contributed by atoms with van der Waals surface area (Å²) in [7, 11) is -3.67. The van der Waals surface area contributed by atoms with Gasteiger partial charge in [-0.15, -0.1) is 22.7 Å². The van der Waals surface area contributed by atoms with Crippen molar-refractivity contribution in [2.45, 2.75) is 32.2 Å². The summed E-state index contributed by atoms with van der Waals surface area (Å²) < 4.78 is 33.6. The van der Waals surface area contributed by atoms with E-state index in [1.54, 1.807) is 30.3 Å². The molecule has 148 valence electrons. The third-order valence-corrected chi connectivity index (χ3v) is 7.43. The van der Waals surface area contributed by atoms with Gasteiger partial charge in [0.2, 0.25) is 15.8 Å². The SMILES string of the molecule is CCOc1c(C)cc(S(=O)(=O)NCc2ccc(C(=O)c3cccs3)s2)cc1C. The van der Waals surface area contributed by atoms with Crippen molar-refractivity contribution in [2.75, 3.05) is 6.61 Å². The number of hydrogen-bond acceptors (Lipinski definition) is 6. The second kappa shape index (κ2) is 8.57. The minimum Gasteiger partial charge on any atom is -0.493 e. The van der Waals surface area contributed by atoms with Crippen molar-refractivity contribution in [3.05, 3.63) is 67.5 Å². The van der Waals surface area contributed by atoms with Gasteiger partial charge in [-0.2, -0.15) is 0 Å². The molecule has 0 atom stereocenters. The molecule has 0 unspecified atom stereocenters. The Morgan fingerprint density at radius 3 is 2.43 bits per heavy atom. The van der Waals surface area contributed by atoms with Crippen LogP contribution in [-0.2, 0) is 16.6 Å². The molecule has 3 aromatic rings. The van der Waals surface area contributed by atoms with E-state index in [1.165, 1.54) is 22.7 Å². The summed E-state index contributed by atoms with van der Waals surface area (Å²) in [6.45, 7) is 6.22. The number of carbonyl (C=O) groups is 1. The molecule has 0 bridgehead atoms. The second-order valence-electron chi connectivity index (χ2n) is 6.22. The minimum atomic E-state index is -3.67. The van der Waals surface area contributed by atoms with E-state index >= 15 is 0 Å². The van der Waals surface area contributed by atoms with E-state index in [9.17, 15) is 13.2 Å². The topological polar surface area (TPSA) is 72.5 Å². The van der Waals surface area contributed by atoms with Gasteiger partial charge in [0.1, 0.15) is 5.75 Å². The van der Waals surface area contributed by atoms with Gasteiger partial charge < -0.3 is 4.74 Å². The van der Waals surface area contributed by atoms with Crippen LogP contribution in [0.5, 0.6) is 5.75 Å². The van der Waals surface area contributed by atoms with E-state index < -0.39 is 10.0 Å². The summed E-state index contributed by atoms with van der Waals surface area (Å²) in [6.07, 6.45) is 0. The molecule has 0 aliphatic rings. The first-order valence-electron chi connectivity index (χ1n) is 8.72. The van der Waals surface area contributed by atoms with Crippen molar-refractivity contribution in [1.29, 1.82) is 0 Å². The second-order valence-corrected chi connectivity index (χ2v) is 10.1. The molecule has 0 fully saturated rings. The predicted molar refractivity (Wildman–Crippen MR) is 113 cm³/mol. The quantitative estimate of drug-likeness (QED) is 0.528. The van der Waals surface area contributed by atoms with Crippen LogP contribution in [0.3, 0.4) is 0 Å². The molecule has 2 heterocycles. The van der Waals surface area contributed by atoms with Crippen LogP contribution in [0.4, 0.5) is 0 Å². The number of benzene rings is 1. The summed E-state index contributed by atoms with van der Waals surface area (Å²) in [6, 6.07) is 10.4. The van der Waals surface area contributed by atoms with E-state index in [0.29, 0.717) is 16.4 Å². The average molecular weight is 436 g/mol. The van der Waals surface area contributed by atoms with Crippen molar-refractivity contribution in [2.24, 2.45) is 0 Å². The van der Waals surface area contributed by atoms with Gasteiger partial charge in [0.25, 0.3) is 0 Å². The Morgan fingerprint density at radius 2 is 1.82 bits per heavy atom. The molecule has 0 saturated heterocycles. The Kier molecular flexibility index (Phi) is 6.34. The van der Waals surface area contributed by atoms with Gasteiger partial charge in [-0.3, -0.25) is 4.79 Å². The Labute approximate surface area is 173 Å². The molecule has 1 aromatic carbocycles. The van der Waals surface area contributed by atoms with E-state index in [-0.39, 0.29) is 17.2 Å². The van der Waals surface area contributed by atoms with Crippen molar-refractivity contribution in [3.63, 3.8) is 0 Å². The van der Waals surface area contributed by atoms with Crippen LogP contribution in [0, 0.1) is 13.8 Å². The first-order valence-corrected chi connectivity index (χ1v) is 11.9. The van der Waals surface area contributed by atoms with Crippen molar-refractivity contribution in [1.82, 2.24) is 4.72 Å². The molecular formula is C20H21NO4S3. The number of hydrogen-bond donors (Lipinski definition) is 1. The van der Waals surface area contributed by atoms with E-state index in [1.807, 2.05) is 32.2 Å². The first-order chi connectivity index (χ1) is 13.3. The Balaban J connectivity index is 1.73. The molecule has 0 spiro atoms. The van der Waals surface area contributed by atoms with Gasteiger partial charge in [0.15, 0.2) is 0 Å². The number of thiophene rings is 2. The average Bonchev–Trinajstić information content (AvgIpc) is 3.34. The molecule has 1 N–H and O–H groups in total. The number of carbonyl (C=O) groups excluding carboxylic acids is 1. The van der Waals surface area contributed by atoms with Gasteiger partial charge >= 0.3 is 0 Å². The highest BCUT2D eigenvalue weighted by molar-refractivity contribution is 7.89. The lowest BCUT2D eigenvalue weighted by Gasteiger charge is -2.13. The summed E-state index contributed by atoms with van der Waals surface area (Å²) in [5, 5.41) is 1.86. The van der Waals surface area contributed by atoms with Gasteiger partial charge in [0.05, 0.1) is 21.3 Å². The lowest BCUT2D eigenvalue weighted by molar-refractivity contribution is 0.104. The highest BCUT2D eigenvalue weighted by Gasteiger charge is 2.18. The highest BCUT2D eigenvalue weighted by atomic mass is 32.2. The number of nitrogens with one attached hydrogen (secondary N) is 1. The van der Waals surface area contributed by atoms with Gasteiger partial charge in [-0.1, -0.05) is 6.07 Å². The molecule has 28 heavy (non-hydrogen) atoms. The number of sulfonamides is 1. The van der Waals surface area contributed by atoms with Crippen LogP contribution in [0.15, 0.2) is 46.7 Å². The van der Waals surface area contributed by atoms with Crippen LogP contribution in [0.2, 0.25) is 0 Å². The maximum Gasteiger partial charge on any atom is 0.240 e. The lowest BCUT2D eigenvalue weighted by Crippen LogP contribution is -2.23. The van der Waals surface area contributed by atoms with Gasteiger partial charge in [0, 0.05) is 11.4 Å². The van der Waals surface area contributed by atoms with Crippen LogP contribution < -0.4 is 9.46 Å². The molecule has 0 aliphatic carbocycles. The molecule has 0 aliphatic heterocycles. The highest BCUT2D eigenvalue weighted by Crippen LogP contribution is 2.27. The van der Waals surface area contributed by atoms with Crippen LogP contribution in [-0.4, -0.2) is 20.8 Å². The zero-order valence-corrected chi connectivity index (χ0v) is 18.3.